The van der Waals surface area contributed by atoms with Gasteiger partial charge in [0.2, 0.25) is 5.78 Å². The summed E-state index contributed by atoms with van der Waals surface area (Å²) < 4.78 is 74.2. The molecule has 7 aliphatic heterocycles. The number of hydrogen-bond donors (Lipinski definition) is 5. The van der Waals surface area contributed by atoms with E-state index in [0.29, 0.717) is 157 Å². The van der Waals surface area contributed by atoms with Crippen molar-refractivity contribution in [3.05, 3.63) is 11.6 Å². The molecular formula is C109H170O22. The second kappa shape index (κ2) is 34.5. The molecule has 131 heavy (non-hydrogen) atoms. The van der Waals surface area contributed by atoms with E-state index in [2.05, 4.69) is 103 Å². The van der Waals surface area contributed by atoms with Gasteiger partial charge in [-0.1, -0.05) is 109 Å². The van der Waals surface area contributed by atoms with Crippen molar-refractivity contribution in [1.29, 1.82) is 0 Å². The molecule has 0 radical (unpaired) electrons. The highest BCUT2D eigenvalue weighted by Crippen LogP contribution is 2.76. The van der Waals surface area contributed by atoms with Gasteiger partial charge in [0, 0.05) is 94.2 Å². The van der Waals surface area contributed by atoms with Crippen LogP contribution in [0.5, 0.6) is 0 Å². The number of ether oxygens (including phenoxy) is 12. The van der Waals surface area contributed by atoms with E-state index in [-0.39, 0.29) is 127 Å². The van der Waals surface area contributed by atoms with Crippen molar-refractivity contribution in [1.82, 2.24) is 0 Å². The van der Waals surface area contributed by atoms with E-state index in [4.69, 9.17) is 56.8 Å². The highest BCUT2D eigenvalue weighted by molar-refractivity contribution is 6.33. The third-order valence-electron chi connectivity index (χ3n) is 45.3. The van der Waals surface area contributed by atoms with Gasteiger partial charge in [-0.3, -0.25) is 19.2 Å². The lowest BCUT2D eigenvalue weighted by molar-refractivity contribution is -0.362. The average Bonchev–Trinajstić information content (AvgIpc) is 1.60. The number of carboxylic acids is 1. The molecule has 7 saturated heterocycles. The zero-order valence-electron chi connectivity index (χ0n) is 83.1. The number of aliphatic hydroxyl groups is 4. The van der Waals surface area contributed by atoms with Crippen LogP contribution in [-0.4, -0.2) is 187 Å². The molecule has 19 unspecified atom stereocenters. The molecule has 5 spiro atoms. The number of fused-ring (bicyclic) bond motifs is 22. The highest BCUT2D eigenvalue weighted by Gasteiger charge is 2.76. The third-order valence-corrected chi connectivity index (χ3v) is 45.3. The molecule has 15 saturated carbocycles. The normalized spacial score (nSPS) is 51.7. The first-order valence-corrected chi connectivity index (χ1v) is 53.5. The Bertz CT molecular complexity index is 4260. The zero-order chi connectivity index (χ0) is 93.0. The largest absolute Gasteiger partial charge is 0.475 e. The molecule has 0 amide bonds. The van der Waals surface area contributed by atoms with Gasteiger partial charge in [0.15, 0.2) is 40.5 Å². The summed E-state index contributed by atoms with van der Waals surface area (Å²) in [4.78, 5) is 64.2. The van der Waals surface area contributed by atoms with Gasteiger partial charge in [0.1, 0.15) is 11.9 Å². The monoisotopic (exact) mass is 1830 g/mol. The number of aliphatic carboxylic acids is 1. The van der Waals surface area contributed by atoms with Crippen molar-refractivity contribution in [2.45, 2.75) is 395 Å². The highest BCUT2D eigenvalue weighted by atomic mass is 16.8. The van der Waals surface area contributed by atoms with Crippen LogP contribution in [0.15, 0.2) is 11.6 Å². The molecule has 0 aromatic rings. The molecule has 0 aromatic heterocycles. The van der Waals surface area contributed by atoms with Crippen LogP contribution in [0.2, 0.25) is 0 Å². The zero-order valence-corrected chi connectivity index (χ0v) is 83.1. The van der Waals surface area contributed by atoms with Crippen LogP contribution in [-0.2, 0) is 80.8 Å². The minimum absolute atomic E-state index is 0.00396. The first kappa shape index (κ1) is 96.9. The number of carbonyl (C=O) groups excluding carboxylic acids is 4. The van der Waals surface area contributed by atoms with Crippen molar-refractivity contribution in [3.63, 3.8) is 0 Å². The van der Waals surface area contributed by atoms with E-state index in [1.54, 1.807) is 0 Å². The van der Waals surface area contributed by atoms with E-state index < -0.39 is 69.3 Å². The average molecular weight is 1830 g/mol. The van der Waals surface area contributed by atoms with Crippen molar-refractivity contribution >= 4 is 29.3 Å². The number of carboxylic acid groups (broad SMARTS) is 1. The minimum Gasteiger partial charge on any atom is -0.475 e. The van der Waals surface area contributed by atoms with E-state index in [1.807, 2.05) is 13.8 Å². The topological polar surface area (TPSA) is 297 Å². The van der Waals surface area contributed by atoms with Gasteiger partial charge < -0.3 is 82.4 Å². The third kappa shape index (κ3) is 14.7. The predicted molar refractivity (Wildman–Crippen MR) is 489 cm³/mol. The van der Waals surface area contributed by atoms with Crippen LogP contribution in [0, 0.1) is 173 Å². The number of allylic oxidation sites excluding steroid dienone is 2. The lowest BCUT2D eigenvalue weighted by Crippen LogP contribution is -2.66. The van der Waals surface area contributed by atoms with Crippen LogP contribution < -0.4 is 0 Å². The number of rotatable bonds is 6. The van der Waals surface area contributed by atoms with E-state index in [9.17, 15) is 49.5 Å². The van der Waals surface area contributed by atoms with E-state index in [1.165, 1.54) is 44.1 Å². The van der Waals surface area contributed by atoms with Crippen LogP contribution >= 0.6 is 0 Å². The summed E-state index contributed by atoms with van der Waals surface area (Å²) in [6, 6.07) is 0. The van der Waals surface area contributed by atoms with Crippen LogP contribution in [0.1, 0.15) is 336 Å². The standard InChI is InChI=1S/C22H32O6.C22H38O5.C22H36O4.C22H32O3.C21H32O4/c1-13-4-7-20(2,16(23)12-13)14-5-8-21(3)15(17(14)18(24)19(25)26)6-9-22(21)27-10-11-28-22;1-14-4-7-20(2,18(25)12-14)15-5-8-21(3)16(19(15)17(24)13-23)6-9-22(21)26-10-11-27-22;1-14-5-8-19(2)15-6-9-20(3)16(7-10-22(20)24-11-12-25-22)18(15)21(4,23)26-17(19)13-14;1-14-4-7-20(2)15(12-14)13-18(23)19-16(20)5-8-21(3)17(19)6-9-22(21)24-10-11-25-22;1-13-4-7-19(2)14-5-8-20(3)15(6-9-21(20)23-10-11-24-21)17(14)18(22)25-16(19)12-13/h13-15,17H,4-12H2,1-3H3,(H,25,26);14-19,23-25H,4-13H2,1-3H3;14-18,23H,5-13H2,1-4H3;13-14,16-17,19H,4-12H2,1-3H3;13-17H,4-12H2,1-3H3/t13-,14?,15?,17?,20+,21-;14-,15?,16?,17?,18-,19?,20+,21-;14-,15?,16?,17?,18?,19+,20-,21?;14-,16?,17?,19?,20-,21-;13-,14?,15?,16?,17?,19+,20-/m00000/s1. The van der Waals surface area contributed by atoms with Crippen molar-refractivity contribution in [2.24, 2.45) is 173 Å². The number of aliphatic hydroxyl groups excluding tert-OH is 3. The lowest BCUT2D eigenvalue weighted by Gasteiger charge is -2.64. The molecule has 35 atom stereocenters. The van der Waals surface area contributed by atoms with E-state index >= 15 is 0 Å². The molecule has 23 aliphatic rings. The summed E-state index contributed by atoms with van der Waals surface area (Å²) in [7, 11) is 0. The van der Waals surface area contributed by atoms with Gasteiger partial charge in [-0.15, -0.1) is 0 Å². The van der Waals surface area contributed by atoms with Crippen molar-refractivity contribution in [3.8, 4) is 0 Å². The number of esters is 1. The Morgan fingerprint density at radius 1 is 0.389 bits per heavy atom. The Hall–Kier alpha value is -2.91. The molecule has 0 aromatic carbocycles. The summed E-state index contributed by atoms with van der Waals surface area (Å²) in [5.74, 6) is 0.647. The first-order chi connectivity index (χ1) is 61.9. The summed E-state index contributed by atoms with van der Waals surface area (Å²) in [6.07, 6.45) is 36.8. The summed E-state index contributed by atoms with van der Waals surface area (Å²) in [5, 5.41) is 52.9. The number of Topliss-reactive ketones (excluding diaryl/α,β-unsaturated/α-hetero) is 2. The fourth-order valence-corrected chi connectivity index (χ4v) is 37.2. The van der Waals surface area contributed by atoms with Crippen LogP contribution in [0.3, 0.4) is 0 Å². The summed E-state index contributed by atoms with van der Waals surface area (Å²) >= 11 is 0. The van der Waals surface area contributed by atoms with Crippen LogP contribution in [0.25, 0.3) is 0 Å². The second-order valence-corrected chi connectivity index (χ2v) is 51.2. The molecule has 22 heteroatoms. The smallest absolute Gasteiger partial charge is 0.372 e. The maximum absolute atomic E-state index is 13.3. The maximum atomic E-state index is 13.3. The minimum atomic E-state index is -1.38. The first-order valence-electron chi connectivity index (χ1n) is 53.5. The Morgan fingerprint density at radius 2 is 0.763 bits per heavy atom. The molecule has 22 fully saturated rings. The van der Waals surface area contributed by atoms with Gasteiger partial charge in [-0.05, 0) is 310 Å². The fourth-order valence-electron chi connectivity index (χ4n) is 37.2. The lowest BCUT2D eigenvalue weighted by atomic mass is 9.47. The van der Waals surface area contributed by atoms with Crippen molar-refractivity contribution < 1.29 is 106 Å². The summed E-state index contributed by atoms with van der Waals surface area (Å²) in [5.41, 5.74) is 0.691. The Labute approximate surface area is 782 Å². The Balaban J connectivity index is 0.000000106. The van der Waals surface area contributed by atoms with Gasteiger partial charge in [0.05, 0.1) is 96.9 Å². The molecule has 0 bridgehead atoms. The van der Waals surface area contributed by atoms with Gasteiger partial charge in [-0.2, -0.15) is 0 Å². The molecule has 7 heterocycles. The number of carbonyl (C=O) groups is 5. The van der Waals surface area contributed by atoms with Gasteiger partial charge in [-0.25, -0.2) is 4.79 Å². The Kier molecular flexibility index (Phi) is 25.5. The van der Waals surface area contributed by atoms with E-state index in [0.717, 1.165) is 166 Å². The van der Waals surface area contributed by atoms with Crippen molar-refractivity contribution in [2.75, 3.05) is 72.7 Å². The predicted octanol–water partition coefficient (Wildman–Crippen LogP) is 18.5. The van der Waals surface area contributed by atoms with Gasteiger partial charge >= 0.3 is 11.9 Å². The number of hydrogen-bond acceptors (Lipinski definition) is 21. The molecule has 22 nitrogen and oxygen atoms in total. The molecule has 16 aliphatic carbocycles. The second-order valence-electron chi connectivity index (χ2n) is 51.2. The van der Waals surface area contributed by atoms with Crippen LogP contribution in [0.4, 0.5) is 0 Å². The summed E-state index contributed by atoms with van der Waals surface area (Å²) in [6.45, 7) is 42.5. The Morgan fingerprint density at radius 3 is 1.25 bits per heavy atom. The maximum Gasteiger partial charge on any atom is 0.372 e. The van der Waals surface area contributed by atoms with Gasteiger partial charge in [0.25, 0.3) is 0 Å². The quantitative estimate of drug-likeness (QED) is 0.122. The SMILES string of the molecule is C[C@H]1CC[C@@]2(C)C(=CC(=O)C3C2CC[C@@]2(C)C3CCC23OCCO3)C1.C[C@H]1CC[C@@]2(C)C(C1)OC(=O)C1C2CC[C@@]2(C)C1CCC21OCCO1.C[C@H]1CC[C@@]2(C)C(C1)OC(C)(O)C1C2CC[C@@]2(C)C1CCC21OCCO1.C[C@H]1CC[C@](C)(C2CC[C@@]3(C)C(CCC34OCCO4)C2C(=O)C(=O)O)C(=O)C1.C[C@H]1CC[C@](C)(C2CC[C@@]3(C)C(CCC34OCCO4)C2C(O)CO)[C@@H](O)C1. The molecule has 738 valence electrons. The molecular weight excluding hydrogens is 1660 g/mol. The molecule has 5 N–H and O–H groups in total. The number of ketones is 3. The molecule has 23 rings (SSSR count). The fraction of sp³-hybridized carbons (Fsp3) is 0.936.